The highest BCUT2D eigenvalue weighted by atomic mass is 16.4. The van der Waals surface area contributed by atoms with Gasteiger partial charge in [-0.1, -0.05) is 55.5 Å². The Bertz CT molecular complexity index is 849. The van der Waals surface area contributed by atoms with Gasteiger partial charge in [-0.3, -0.25) is 0 Å². The first kappa shape index (κ1) is 16.9. The van der Waals surface area contributed by atoms with Crippen LogP contribution in [0.5, 0.6) is 0 Å². The molecule has 0 saturated carbocycles. The topological polar surface area (TPSA) is 68.0 Å². The third kappa shape index (κ3) is 4.32. The Balaban J connectivity index is 1.64. The molecule has 2 aromatic carbocycles. The first-order chi connectivity index (χ1) is 12.0. The highest BCUT2D eigenvalue weighted by Gasteiger charge is 2.06. The number of rotatable bonds is 6. The fourth-order valence-electron chi connectivity index (χ4n) is 2.67. The first-order valence-electron chi connectivity index (χ1n) is 8.31. The number of carboxylic acids is 1. The lowest BCUT2D eigenvalue weighted by Crippen LogP contribution is -2.00. The Labute approximate surface area is 146 Å². The van der Waals surface area contributed by atoms with Gasteiger partial charge in [0.1, 0.15) is 0 Å². The van der Waals surface area contributed by atoms with E-state index in [4.69, 9.17) is 5.11 Å². The van der Waals surface area contributed by atoms with Crippen LogP contribution in [0.1, 0.15) is 52.5 Å². The fraction of sp³-hybridized carbons (Fsp3) is 0.250. The smallest absolute Gasteiger partial charge is 0.335 e. The predicted molar refractivity (Wildman–Crippen MR) is 95.9 cm³/mol. The minimum Gasteiger partial charge on any atom is -0.478 e. The van der Waals surface area contributed by atoms with E-state index in [-0.39, 0.29) is 5.56 Å². The van der Waals surface area contributed by atoms with Crippen LogP contribution in [0.2, 0.25) is 0 Å². The molecule has 0 aliphatic rings. The van der Waals surface area contributed by atoms with E-state index in [2.05, 4.69) is 48.4 Å². The summed E-state index contributed by atoms with van der Waals surface area (Å²) in [7, 11) is 0. The van der Waals surface area contributed by atoms with E-state index in [0.29, 0.717) is 18.9 Å². The molecule has 1 aromatic heterocycles. The van der Waals surface area contributed by atoms with Crippen LogP contribution >= 0.6 is 0 Å². The van der Waals surface area contributed by atoms with Crippen LogP contribution in [0.15, 0.2) is 54.7 Å². The second-order valence-corrected chi connectivity index (χ2v) is 6.48. The largest absolute Gasteiger partial charge is 0.478 e. The van der Waals surface area contributed by atoms with E-state index in [1.807, 2.05) is 23.0 Å². The molecular weight excluding hydrogens is 314 g/mol. The molecule has 0 aliphatic carbocycles. The third-order valence-corrected chi connectivity index (χ3v) is 4.16. The van der Waals surface area contributed by atoms with Crippen molar-refractivity contribution in [3.63, 3.8) is 0 Å². The number of benzene rings is 2. The molecule has 0 fully saturated rings. The molecule has 25 heavy (non-hydrogen) atoms. The number of nitrogens with zero attached hydrogens (tertiary/aromatic N) is 3. The maximum absolute atomic E-state index is 10.9. The van der Waals surface area contributed by atoms with Gasteiger partial charge in [-0.15, -0.1) is 5.10 Å². The summed E-state index contributed by atoms with van der Waals surface area (Å²) in [5, 5.41) is 17.3. The third-order valence-electron chi connectivity index (χ3n) is 4.16. The highest BCUT2D eigenvalue weighted by molar-refractivity contribution is 5.87. The van der Waals surface area contributed by atoms with Gasteiger partial charge in [-0.2, -0.15) is 0 Å². The lowest BCUT2D eigenvalue weighted by atomic mass is 10.0. The molecule has 0 aliphatic heterocycles. The molecule has 0 amide bonds. The Morgan fingerprint density at radius 3 is 2.28 bits per heavy atom. The van der Waals surface area contributed by atoms with Crippen molar-refractivity contribution in [2.24, 2.45) is 0 Å². The zero-order valence-corrected chi connectivity index (χ0v) is 14.4. The standard InChI is InChI=1S/C20H21N3O2/c1-14(2)17-7-5-16(6-8-17)12-23-13-19(21-22-23)11-15-3-9-18(10-4-15)20(24)25/h3-10,13-14H,11-12H2,1-2H3,(H,24,25). The zero-order valence-electron chi connectivity index (χ0n) is 14.4. The number of aromatic carboxylic acids is 1. The van der Waals surface area contributed by atoms with Crippen molar-refractivity contribution in [3.8, 4) is 0 Å². The zero-order chi connectivity index (χ0) is 17.8. The van der Waals surface area contributed by atoms with E-state index in [1.165, 1.54) is 11.1 Å². The van der Waals surface area contributed by atoms with Crippen molar-refractivity contribution >= 4 is 5.97 Å². The first-order valence-corrected chi connectivity index (χ1v) is 8.31. The van der Waals surface area contributed by atoms with Gasteiger partial charge >= 0.3 is 5.97 Å². The van der Waals surface area contributed by atoms with Crippen molar-refractivity contribution < 1.29 is 9.90 Å². The Hall–Kier alpha value is -2.95. The van der Waals surface area contributed by atoms with Crippen LogP contribution in [0, 0.1) is 0 Å². The average Bonchev–Trinajstić information content (AvgIpc) is 3.02. The molecule has 3 aromatic rings. The van der Waals surface area contributed by atoms with E-state index in [9.17, 15) is 4.79 Å². The van der Waals surface area contributed by atoms with Gasteiger partial charge < -0.3 is 5.11 Å². The van der Waals surface area contributed by atoms with Gasteiger partial charge in [0.15, 0.2) is 0 Å². The highest BCUT2D eigenvalue weighted by Crippen LogP contribution is 2.15. The molecule has 0 unspecified atom stereocenters. The molecule has 0 saturated heterocycles. The Kier molecular flexibility index (Phi) is 4.93. The van der Waals surface area contributed by atoms with Gasteiger partial charge in [0.2, 0.25) is 0 Å². The number of carboxylic acid groups (broad SMARTS) is 1. The normalized spacial score (nSPS) is 11.0. The van der Waals surface area contributed by atoms with Crippen LogP contribution in [0.3, 0.4) is 0 Å². The number of aromatic nitrogens is 3. The van der Waals surface area contributed by atoms with E-state index in [1.54, 1.807) is 12.1 Å². The van der Waals surface area contributed by atoms with E-state index in [0.717, 1.165) is 11.3 Å². The molecule has 0 bridgehead atoms. The van der Waals surface area contributed by atoms with Gasteiger partial charge in [-0.25, -0.2) is 9.48 Å². The molecule has 3 rings (SSSR count). The van der Waals surface area contributed by atoms with E-state index < -0.39 is 5.97 Å². The molecule has 1 heterocycles. The lowest BCUT2D eigenvalue weighted by Gasteiger charge is -2.06. The minimum absolute atomic E-state index is 0.289. The SMILES string of the molecule is CC(C)c1ccc(Cn2cc(Cc3ccc(C(=O)O)cc3)nn2)cc1. The summed E-state index contributed by atoms with van der Waals surface area (Å²) in [5.41, 5.74) is 4.68. The van der Waals surface area contributed by atoms with Crippen LogP contribution in [0.4, 0.5) is 0 Å². The quantitative estimate of drug-likeness (QED) is 0.745. The van der Waals surface area contributed by atoms with Gasteiger partial charge in [0, 0.05) is 12.6 Å². The minimum atomic E-state index is -0.916. The molecule has 0 atom stereocenters. The molecule has 1 N–H and O–H groups in total. The summed E-state index contributed by atoms with van der Waals surface area (Å²) in [4.78, 5) is 10.9. The molecule has 5 nitrogen and oxygen atoms in total. The molecular formula is C20H21N3O2. The van der Waals surface area contributed by atoms with Crippen molar-refractivity contribution in [3.05, 3.63) is 82.7 Å². The Morgan fingerprint density at radius 1 is 1.04 bits per heavy atom. The van der Waals surface area contributed by atoms with Crippen molar-refractivity contribution in [1.82, 2.24) is 15.0 Å². The summed E-state index contributed by atoms with van der Waals surface area (Å²) in [5.74, 6) is -0.388. The monoisotopic (exact) mass is 335 g/mol. The molecule has 128 valence electrons. The molecule has 0 radical (unpaired) electrons. The van der Waals surface area contributed by atoms with Crippen LogP contribution in [-0.2, 0) is 13.0 Å². The maximum atomic E-state index is 10.9. The van der Waals surface area contributed by atoms with Gasteiger partial charge in [0.05, 0.1) is 17.8 Å². The average molecular weight is 335 g/mol. The number of hydrogen-bond acceptors (Lipinski definition) is 3. The lowest BCUT2D eigenvalue weighted by molar-refractivity contribution is 0.0697. The van der Waals surface area contributed by atoms with Crippen LogP contribution < -0.4 is 0 Å². The van der Waals surface area contributed by atoms with Gasteiger partial charge in [0.25, 0.3) is 0 Å². The molecule has 0 spiro atoms. The maximum Gasteiger partial charge on any atom is 0.335 e. The van der Waals surface area contributed by atoms with Crippen molar-refractivity contribution in [2.45, 2.75) is 32.7 Å². The fourth-order valence-corrected chi connectivity index (χ4v) is 2.67. The number of hydrogen-bond donors (Lipinski definition) is 1. The second kappa shape index (κ2) is 7.30. The summed E-state index contributed by atoms with van der Waals surface area (Å²) in [6, 6.07) is 15.4. The summed E-state index contributed by atoms with van der Waals surface area (Å²) >= 11 is 0. The summed E-state index contributed by atoms with van der Waals surface area (Å²) in [6.45, 7) is 5.05. The second-order valence-electron chi connectivity index (χ2n) is 6.48. The Morgan fingerprint density at radius 2 is 1.68 bits per heavy atom. The van der Waals surface area contributed by atoms with Gasteiger partial charge in [-0.05, 0) is 34.7 Å². The van der Waals surface area contributed by atoms with Crippen molar-refractivity contribution in [1.29, 1.82) is 0 Å². The van der Waals surface area contributed by atoms with Crippen LogP contribution in [-0.4, -0.2) is 26.1 Å². The van der Waals surface area contributed by atoms with Crippen LogP contribution in [0.25, 0.3) is 0 Å². The summed E-state index contributed by atoms with van der Waals surface area (Å²) in [6.07, 6.45) is 2.56. The van der Waals surface area contributed by atoms with Crippen molar-refractivity contribution in [2.75, 3.05) is 0 Å². The summed E-state index contributed by atoms with van der Waals surface area (Å²) < 4.78 is 1.82. The van der Waals surface area contributed by atoms with E-state index >= 15 is 0 Å². The number of carbonyl (C=O) groups is 1. The predicted octanol–water partition coefficient (Wildman–Crippen LogP) is 3.74. The molecule has 5 heteroatoms.